The maximum atomic E-state index is 12.7. The van der Waals surface area contributed by atoms with Crippen LogP contribution < -0.4 is 5.32 Å². The van der Waals surface area contributed by atoms with E-state index in [-0.39, 0.29) is 6.61 Å². The Balaban J connectivity index is 2.07. The first-order valence-corrected chi connectivity index (χ1v) is 6.91. The van der Waals surface area contributed by atoms with E-state index in [0.717, 1.165) is 17.7 Å². The maximum Gasteiger partial charge on any atom is 0.416 e. The molecule has 0 radical (unpaired) electrons. The third-order valence-electron chi connectivity index (χ3n) is 2.74. The van der Waals surface area contributed by atoms with Crippen LogP contribution in [0, 0.1) is 0 Å². The van der Waals surface area contributed by atoms with Crippen LogP contribution in [0.25, 0.3) is 0 Å². The van der Waals surface area contributed by atoms with E-state index in [1.54, 1.807) is 23.1 Å². The van der Waals surface area contributed by atoms with Crippen molar-refractivity contribution in [2.45, 2.75) is 19.3 Å². The average molecular weight is 364 g/mol. The van der Waals surface area contributed by atoms with Gasteiger partial charge in [0.25, 0.3) is 0 Å². The molecule has 8 heteroatoms. The smallest absolute Gasteiger partial charge is 0.394 e. The van der Waals surface area contributed by atoms with Gasteiger partial charge in [0.15, 0.2) is 0 Å². The number of halogens is 4. The number of anilines is 1. The van der Waals surface area contributed by atoms with Gasteiger partial charge in [-0.05, 0) is 18.2 Å². The molecule has 21 heavy (non-hydrogen) atoms. The molecule has 0 bridgehead atoms. The summed E-state index contributed by atoms with van der Waals surface area (Å²) in [4.78, 5) is 0. The SMILES string of the molecule is OCCn1cc(CNc2cc(Br)cc(C(F)(F)F)c2)cn1. The van der Waals surface area contributed by atoms with Crippen LogP contribution in [-0.2, 0) is 19.3 Å². The highest BCUT2D eigenvalue weighted by Gasteiger charge is 2.31. The number of aromatic nitrogens is 2. The minimum atomic E-state index is -4.38. The fourth-order valence-corrected chi connectivity index (χ4v) is 2.28. The third kappa shape index (κ3) is 4.47. The van der Waals surface area contributed by atoms with Crippen molar-refractivity contribution >= 4 is 21.6 Å². The van der Waals surface area contributed by atoms with Gasteiger partial charge in [-0.25, -0.2) is 0 Å². The number of hydrogen-bond acceptors (Lipinski definition) is 3. The van der Waals surface area contributed by atoms with Crippen molar-refractivity contribution in [3.05, 3.63) is 46.2 Å². The van der Waals surface area contributed by atoms with Gasteiger partial charge in [-0.1, -0.05) is 15.9 Å². The second kappa shape index (κ2) is 6.48. The predicted molar refractivity (Wildman–Crippen MR) is 75.8 cm³/mol. The van der Waals surface area contributed by atoms with Crippen molar-refractivity contribution in [3.63, 3.8) is 0 Å². The van der Waals surface area contributed by atoms with Crippen LogP contribution in [-0.4, -0.2) is 21.5 Å². The van der Waals surface area contributed by atoms with Crippen molar-refractivity contribution in [1.29, 1.82) is 0 Å². The summed E-state index contributed by atoms with van der Waals surface area (Å²) in [7, 11) is 0. The molecule has 1 heterocycles. The van der Waals surface area contributed by atoms with Gasteiger partial charge >= 0.3 is 6.18 Å². The van der Waals surface area contributed by atoms with Crippen molar-refractivity contribution in [3.8, 4) is 0 Å². The number of nitrogens with zero attached hydrogens (tertiary/aromatic N) is 2. The summed E-state index contributed by atoms with van der Waals surface area (Å²) in [5.41, 5.74) is 0.471. The molecule has 0 saturated heterocycles. The van der Waals surface area contributed by atoms with Crippen LogP contribution in [0.15, 0.2) is 35.1 Å². The number of aliphatic hydroxyl groups excluding tert-OH is 1. The van der Waals surface area contributed by atoms with Crippen LogP contribution >= 0.6 is 15.9 Å². The lowest BCUT2D eigenvalue weighted by atomic mass is 10.2. The van der Waals surface area contributed by atoms with Gasteiger partial charge in [0.05, 0.1) is 24.9 Å². The largest absolute Gasteiger partial charge is 0.416 e. The molecule has 1 aromatic carbocycles. The molecule has 4 nitrogen and oxygen atoms in total. The van der Waals surface area contributed by atoms with Crippen LogP contribution in [0.1, 0.15) is 11.1 Å². The van der Waals surface area contributed by atoms with E-state index in [1.807, 2.05) is 0 Å². The van der Waals surface area contributed by atoms with E-state index in [1.165, 1.54) is 0 Å². The Morgan fingerprint density at radius 2 is 2.05 bits per heavy atom. The molecule has 2 aromatic rings. The molecular formula is C13H13BrF3N3O. The zero-order chi connectivity index (χ0) is 15.5. The number of rotatable bonds is 5. The standard InChI is InChI=1S/C13H13BrF3N3O/c14-11-3-10(13(15,16)17)4-12(5-11)18-6-9-7-19-20(8-9)1-2-21/h3-5,7-8,18,21H,1-2,6H2. The van der Waals surface area contributed by atoms with Gasteiger partial charge in [0.2, 0.25) is 0 Å². The molecular weight excluding hydrogens is 351 g/mol. The second-order valence-corrected chi connectivity index (χ2v) is 5.33. The van der Waals surface area contributed by atoms with E-state index in [2.05, 4.69) is 26.3 Å². The number of aliphatic hydroxyl groups is 1. The van der Waals surface area contributed by atoms with Crippen molar-refractivity contribution in [2.24, 2.45) is 0 Å². The zero-order valence-electron chi connectivity index (χ0n) is 10.9. The molecule has 0 amide bonds. The summed E-state index contributed by atoms with van der Waals surface area (Å²) in [6.45, 7) is 0.712. The normalized spacial score (nSPS) is 11.7. The van der Waals surface area contributed by atoms with E-state index in [0.29, 0.717) is 23.2 Å². The molecule has 114 valence electrons. The van der Waals surface area contributed by atoms with Crippen molar-refractivity contribution in [2.75, 3.05) is 11.9 Å². The van der Waals surface area contributed by atoms with E-state index >= 15 is 0 Å². The summed E-state index contributed by atoms with van der Waals surface area (Å²) in [6.07, 6.45) is -1.05. The van der Waals surface area contributed by atoms with Crippen molar-refractivity contribution < 1.29 is 18.3 Å². The van der Waals surface area contributed by atoms with E-state index in [4.69, 9.17) is 5.11 Å². The first-order valence-electron chi connectivity index (χ1n) is 6.12. The Bertz CT molecular complexity index is 613. The number of hydrogen-bond donors (Lipinski definition) is 2. The van der Waals surface area contributed by atoms with Gasteiger partial charge in [0, 0.05) is 28.5 Å². The molecule has 0 atom stereocenters. The predicted octanol–water partition coefficient (Wildman–Crippen LogP) is 3.27. The first-order chi connectivity index (χ1) is 9.88. The zero-order valence-corrected chi connectivity index (χ0v) is 12.4. The maximum absolute atomic E-state index is 12.7. The highest BCUT2D eigenvalue weighted by molar-refractivity contribution is 9.10. The Labute approximate surface area is 127 Å². The molecule has 0 aliphatic heterocycles. The number of benzene rings is 1. The highest BCUT2D eigenvalue weighted by Crippen LogP contribution is 2.33. The second-order valence-electron chi connectivity index (χ2n) is 4.42. The lowest BCUT2D eigenvalue weighted by molar-refractivity contribution is -0.137. The quantitative estimate of drug-likeness (QED) is 0.856. The summed E-state index contributed by atoms with van der Waals surface area (Å²) < 4.78 is 40.1. The number of alkyl halides is 3. The molecule has 0 aliphatic rings. The molecule has 2 rings (SSSR count). The summed E-state index contributed by atoms with van der Waals surface area (Å²) in [5.74, 6) is 0. The molecule has 0 unspecified atom stereocenters. The molecule has 0 saturated carbocycles. The Morgan fingerprint density at radius 1 is 1.29 bits per heavy atom. The van der Waals surface area contributed by atoms with Gasteiger partial charge in [-0.15, -0.1) is 0 Å². The minimum Gasteiger partial charge on any atom is -0.394 e. The fraction of sp³-hybridized carbons (Fsp3) is 0.308. The fourth-order valence-electron chi connectivity index (χ4n) is 1.78. The van der Waals surface area contributed by atoms with Gasteiger partial charge < -0.3 is 10.4 Å². The van der Waals surface area contributed by atoms with Crippen LogP contribution in [0.5, 0.6) is 0 Å². The molecule has 0 spiro atoms. The molecule has 0 aliphatic carbocycles. The van der Waals surface area contributed by atoms with Crippen molar-refractivity contribution in [1.82, 2.24) is 9.78 Å². The van der Waals surface area contributed by atoms with Crippen LogP contribution in [0.4, 0.5) is 18.9 Å². The Kier molecular flexibility index (Phi) is 4.89. The molecule has 2 N–H and O–H groups in total. The average Bonchev–Trinajstić information content (AvgIpc) is 2.83. The van der Waals surface area contributed by atoms with Gasteiger partial charge in [-0.2, -0.15) is 18.3 Å². The van der Waals surface area contributed by atoms with Crippen LogP contribution in [0.3, 0.4) is 0 Å². The number of nitrogens with one attached hydrogen (secondary N) is 1. The molecule has 0 fully saturated rings. The Hall–Kier alpha value is -1.54. The minimum absolute atomic E-state index is 0.0187. The lowest BCUT2D eigenvalue weighted by Crippen LogP contribution is -2.07. The van der Waals surface area contributed by atoms with E-state index < -0.39 is 11.7 Å². The first kappa shape index (κ1) is 15.8. The third-order valence-corrected chi connectivity index (χ3v) is 3.20. The summed E-state index contributed by atoms with van der Waals surface area (Å²) in [5, 5.41) is 15.7. The topological polar surface area (TPSA) is 50.1 Å². The van der Waals surface area contributed by atoms with Gasteiger partial charge in [0.1, 0.15) is 0 Å². The lowest BCUT2D eigenvalue weighted by Gasteiger charge is -2.11. The summed E-state index contributed by atoms with van der Waals surface area (Å²) >= 11 is 3.07. The molecule has 1 aromatic heterocycles. The Morgan fingerprint density at radius 3 is 2.71 bits per heavy atom. The van der Waals surface area contributed by atoms with E-state index in [9.17, 15) is 13.2 Å². The van der Waals surface area contributed by atoms with Gasteiger partial charge in [-0.3, -0.25) is 4.68 Å². The van der Waals surface area contributed by atoms with Crippen LogP contribution in [0.2, 0.25) is 0 Å². The summed E-state index contributed by atoms with van der Waals surface area (Å²) in [6, 6.07) is 3.67. The highest BCUT2D eigenvalue weighted by atomic mass is 79.9. The monoisotopic (exact) mass is 363 g/mol.